The maximum absolute atomic E-state index is 14.1. The van der Waals surface area contributed by atoms with E-state index in [1.165, 1.54) is 36.0 Å². The van der Waals surface area contributed by atoms with E-state index in [1.54, 1.807) is 6.08 Å². The third-order valence-corrected chi connectivity index (χ3v) is 15.8. The molecule has 9 rings (SSSR count). The number of nitrogens with two attached hydrogens (primary N) is 2. The van der Waals surface area contributed by atoms with Crippen molar-refractivity contribution in [3.05, 3.63) is 196 Å². The number of fused-ring (bicyclic) bond motifs is 1. The molecule has 426 valence electrons. The van der Waals surface area contributed by atoms with Gasteiger partial charge >= 0.3 is 0 Å². The second kappa shape index (κ2) is 29.7. The predicted molar refractivity (Wildman–Crippen MR) is 328 cm³/mol. The number of aliphatic imine (C=N–C) groups is 1. The van der Waals surface area contributed by atoms with E-state index in [2.05, 4.69) is 124 Å². The van der Waals surface area contributed by atoms with Gasteiger partial charge in [0.1, 0.15) is 6.04 Å². The number of hydrogen-bond acceptors (Lipinski definition) is 8. The molecule has 1 unspecified atom stereocenters. The Morgan fingerprint density at radius 2 is 1.28 bits per heavy atom. The summed E-state index contributed by atoms with van der Waals surface area (Å²) in [5.74, 6) is -0.0813. The summed E-state index contributed by atoms with van der Waals surface area (Å²) in [6.45, 7) is 14.5. The van der Waals surface area contributed by atoms with Gasteiger partial charge in [0.2, 0.25) is 17.7 Å². The Bertz CT molecular complexity index is 3010. The topological polar surface area (TPSA) is 191 Å². The highest BCUT2D eigenvalue weighted by molar-refractivity contribution is 5.98. The van der Waals surface area contributed by atoms with E-state index >= 15 is 0 Å². The van der Waals surface area contributed by atoms with Gasteiger partial charge in [0.25, 0.3) is 5.91 Å². The van der Waals surface area contributed by atoms with Gasteiger partial charge in [0, 0.05) is 75.5 Å². The number of carbonyl (C=O) groups is 4. The van der Waals surface area contributed by atoms with Crippen molar-refractivity contribution in [1.82, 2.24) is 36.0 Å². The van der Waals surface area contributed by atoms with Gasteiger partial charge in [-0.25, -0.2) is 4.99 Å². The summed E-state index contributed by atoms with van der Waals surface area (Å²) in [6.07, 6.45) is 10.0. The van der Waals surface area contributed by atoms with Crippen LogP contribution in [0.1, 0.15) is 107 Å². The zero-order valence-electron chi connectivity index (χ0n) is 47.9. The molecule has 14 nitrogen and oxygen atoms in total. The zero-order chi connectivity index (χ0) is 57.1. The standard InChI is InChI=1S/C37H46N4O2.C30H38N6O2/c1-29-15-17-30(18-16-29)19-20-36(42)38-27-33-21-26-41(37(43)35(39-33)22-25-40-23-9-4-10-24-40)28-34(31-11-5-2-6-12-31)32-13-7-3-8-14-32;1-4-26(35-30(31)32)27-29(38)36(18-21-14-19(2)13-20(3)15-21)12-11-25(34-27)17-33-28(37)24-10-9-22-7-5-6-8-23(22)16-24/h2-3,5-8,11-20,33-35,39H,4,9-10,21-28H2,1H3,(H,38,42);5-10,13-16,25-27,34H,4,11-12,17-18H2,1-3H3,(H,33,37)(H4,31,32,35)/b20-19+;/t33-,35-;25-,26?,27-/m00/s1. The van der Waals surface area contributed by atoms with E-state index in [-0.39, 0.29) is 53.6 Å². The molecule has 6 aromatic rings. The normalized spacial score (nSPS) is 19.3. The number of hydrogen-bond donors (Lipinski definition) is 6. The maximum atomic E-state index is 14.1. The molecule has 0 saturated carbocycles. The monoisotopic (exact) mass is 1090 g/mol. The number of piperidine rings is 1. The van der Waals surface area contributed by atoms with Gasteiger partial charge in [0.05, 0.1) is 12.1 Å². The van der Waals surface area contributed by atoms with Gasteiger partial charge in [-0.3, -0.25) is 24.5 Å². The molecule has 3 aliphatic rings. The number of nitrogens with zero attached hydrogens (tertiary/aromatic N) is 4. The van der Waals surface area contributed by atoms with Crippen LogP contribution in [0.25, 0.3) is 16.8 Å². The van der Waals surface area contributed by atoms with Crippen molar-refractivity contribution in [1.29, 1.82) is 0 Å². The van der Waals surface area contributed by atoms with E-state index in [1.807, 2.05) is 96.8 Å². The van der Waals surface area contributed by atoms with Crippen molar-refractivity contribution in [3.63, 3.8) is 0 Å². The molecule has 0 spiro atoms. The molecule has 3 heterocycles. The Hall–Kier alpha value is -7.65. The number of rotatable bonds is 19. The summed E-state index contributed by atoms with van der Waals surface area (Å²) in [4.78, 5) is 64.4. The summed E-state index contributed by atoms with van der Waals surface area (Å²) in [7, 11) is 0. The number of carbonyl (C=O) groups excluding carboxylic acids is 4. The van der Waals surface area contributed by atoms with Crippen LogP contribution in [0.2, 0.25) is 0 Å². The van der Waals surface area contributed by atoms with E-state index < -0.39 is 12.1 Å². The molecular formula is C67H84N10O4. The van der Waals surface area contributed by atoms with Crippen LogP contribution in [0.4, 0.5) is 0 Å². The van der Waals surface area contributed by atoms with Crippen molar-refractivity contribution in [2.45, 2.75) is 115 Å². The molecule has 3 aliphatic heterocycles. The zero-order valence-corrected chi connectivity index (χ0v) is 47.9. The SMILES string of the molecule is CCC(N=C(N)N)[C@@H]1N[C@H](CNC(=O)c2ccc3ccccc3c2)CCN(Cc2cc(C)cc(C)c2)C1=O.Cc1ccc(/C=C/C(=O)NC[C@@H]2CCN(CC(c3ccccc3)c3ccccc3)C(=O)[C@H](CCN3CCCCC3)N2)cc1. The van der Waals surface area contributed by atoms with Crippen LogP contribution < -0.4 is 32.7 Å². The number of amides is 4. The lowest BCUT2D eigenvalue weighted by atomic mass is 9.90. The maximum Gasteiger partial charge on any atom is 0.251 e. The van der Waals surface area contributed by atoms with Crippen LogP contribution in [-0.4, -0.2) is 127 Å². The van der Waals surface area contributed by atoms with Crippen LogP contribution in [0.15, 0.2) is 157 Å². The third-order valence-electron chi connectivity index (χ3n) is 15.8. The van der Waals surface area contributed by atoms with Crippen molar-refractivity contribution >= 4 is 46.4 Å². The third kappa shape index (κ3) is 17.7. The van der Waals surface area contributed by atoms with E-state index in [0.29, 0.717) is 57.7 Å². The molecule has 4 amide bonds. The molecule has 3 saturated heterocycles. The molecule has 0 radical (unpaired) electrons. The fraction of sp³-hybridized carbons (Fsp3) is 0.388. The van der Waals surface area contributed by atoms with Gasteiger partial charge in [-0.05, 0) is 124 Å². The first-order valence-electron chi connectivity index (χ1n) is 29.2. The second-order valence-electron chi connectivity index (χ2n) is 22.2. The van der Waals surface area contributed by atoms with Crippen molar-refractivity contribution < 1.29 is 19.2 Å². The lowest BCUT2D eigenvalue weighted by Crippen LogP contribution is -2.54. The fourth-order valence-electron chi connectivity index (χ4n) is 11.5. The highest BCUT2D eigenvalue weighted by atomic mass is 16.2. The molecule has 14 heteroatoms. The predicted octanol–water partition coefficient (Wildman–Crippen LogP) is 8.39. The number of likely N-dealkylation sites (tertiary alicyclic amines) is 1. The fourth-order valence-corrected chi connectivity index (χ4v) is 11.5. The summed E-state index contributed by atoms with van der Waals surface area (Å²) in [6, 6.07) is 47.7. The average Bonchev–Trinajstić information content (AvgIpc) is 3.75. The number of guanidine groups is 1. The Labute approximate surface area is 479 Å². The quantitative estimate of drug-likeness (QED) is 0.0263. The van der Waals surface area contributed by atoms with Crippen molar-refractivity contribution in [3.8, 4) is 0 Å². The second-order valence-corrected chi connectivity index (χ2v) is 22.2. The largest absolute Gasteiger partial charge is 0.370 e. The molecule has 3 fully saturated rings. The summed E-state index contributed by atoms with van der Waals surface area (Å²) in [5.41, 5.74) is 20.1. The molecule has 81 heavy (non-hydrogen) atoms. The van der Waals surface area contributed by atoms with Crippen LogP contribution in [0.5, 0.6) is 0 Å². The molecule has 0 aromatic heterocycles. The van der Waals surface area contributed by atoms with E-state index in [4.69, 9.17) is 11.5 Å². The first kappa shape index (κ1) is 59.5. The molecule has 6 aromatic carbocycles. The molecular weight excluding hydrogens is 1010 g/mol. The smallest absolute Gasteiger partial charge is 0.251 e. The van der Waals surface area contributed by atoms with E-state index in [0.717, 1.165) is 65.5 Å². The number of benzene rings is 6. The Morgan fingerprint density at radius 1 is 0.667 bits per heavy atom. The molecule has 0 aliphatic carbocycles. The first-order chi connectivity index (χ1) is 39.3. The Kier molecular flexibility index (Phi) is 21.8. The lowest BCUT2D eigenvalue weighted by molar-refractivity contribution is -0.134. The van der Waals surface area contributed by atoms with Gasteiger partial charge in [-0.15, -0.1) is 0 Å². The lowest BCUT2D eigenvalue weighted by Gasteiger charge is -2.31. The van der Waals surface area contributed by atoms with Gasteiger partial charge in [-0.2, -0.15) is 0 Å². The summed E-state index contributed by atoms with van der Waals surface area (Å²) >= 11 is 0. The van der Waals surface area contributed by atoms with Crippen molar-refractivity contribution in [2.75, 3.05) is 52.4 Å². The summed E-state index contributed by atoms with van der Waals surface area (Å²) < 4.78 is 0. The highest BCUT2D eigenvalue weighted by Gasteiger charge is 2.37. The van der Waals surface area contributed by atoms with Crippen LogP contribution in [0.3, 0.4) is 0 Å². The number of nitrogens with one attached hydrogen (secondary N) is 4. The highest BCUT2D eigenvalue weighted by Crippen LogP contribution is 2.28. The first-order valence-corrected chi connectivity index (χ1v) is 29.2. The Balaban J connectivity index is 0.000000214. The van der Waals surface area contributed by atoms with E-state index in [9.17, 15) is 19.2 Å². The van der Waals surface area contributed by atoms with Gasteiger partial charge in [-0.1, -0.05) is 163 Å². The Morgan fingerprint density at radius 3 is 1.94 bits per heavy atom. The molecule has 5 atom stereocenters. The summed E-state index contributed by atoms with van der Waals surface area (Å²) in [5, 5.41) is 15.4. The van der Waals surface area contributed by atoms with Crippen LogP contribution in [-0.2, 0) is 20.9 Å². The molecule has 8 N–H and O–H groups in total. The van der Waals surface area contributed by atoms with Gasteiger partial charge < -0.3 is 42.1 Å². The minimum atomic E-state index is -0.599. The minimum Gasteiger partial charge on any atom is -0.370 e. The van der Waals surface area contributed by atoms with Crippen LogP contribution in [0, 0.1) is 20.8 Å². The average molecular weight is 1090 g/mol. The number of aryl methyl sites for hydroxylation is 3. The van der Waals surface area contributed by atoms with Crippen molar-refractivity contribution in [2.24, 2.45) is 16.5 Å². The van der Waals surface area contributed by atoms with Gasteiger partial charge in [0.15, 0.2) is 5.96 Å². The molecule has 0 bridgehead atoms. The minimum absolute atomic E-state index is 0.0175. The van der Waals surface area contributed by atoms with Crippen LogP contribution >= 0.6 is 0 Å².